The van der Waals surface area contributed by atoms with Crippen molar-refractivity contribution in [2.24, 2.45) is 0 Å². The van der Waals surface area contributed by atoms with Crippen LogP contribution in [0.1, 0.15) is 26.3 Å². The Balaban J connectivity index is 1.41. The molecule has 0 atom stereocenters. The average Bonchev–Trinajstić information content (AvgIpc) is 3.37. The molecule has 0 aliphatic heterocycles. The van der Waals surface area contributed by atoms with Crippen LogP contribution in [-0.4, -0.2) is 42.8 Å². The molecular formula is C26H22N2O6. The van der Waals surface area contributed by atoms with Gasteiger partial charge in [-0.05, 0) is 61.5 Å². The second-order valence-electron chi connectivity index (χ2n) is 7.42. The molecule has 0 saturated carbocycles. The number of aryl methyl sites for hydroxylation is 1. The molecule has 0 aliphatic carbocycles. The maximum atomic E-state index is 12.6. The largest absolute Gasteiger partial charge is 0.497 e. The van der Waals surface area contributed by atoms with Gasteiger partial charge in [-0.2, -0.15) is 0 Å². The second-order valence-corrected chi connectivity index (χ2v) is 7.42. The van der Waals surface area contributed by atoms with E-state index < -0.39 is 18.4 Å². The van der Waals surface area contributed by atoms with Crippen LogP contribution >= 0.6 is 0 Å². The van der Waals surface area contributed by atoms with E-state index in [-0.39, 0.29) is 11.1 Å². The third kappa shape index (κ3) is 4.96. The third-order valence-corrected chi connectivity index (χ3v) is 5.13. The van der Waals surface area contributed by atoms with E-state index in [0.717, 1.165) is 11.1 Å². The highest BCUT2D eigenvalue weighted by molar-refractivity contribution is 6.01. The Morgan fingerprint density at radius 1 is 0.824 bits per heavy atom. The number of nitrogens with zero attached hydrogens (tertiary/aromatic N) is 2. The van der Waals surface area contributed by atoms with Gasteiger partial charge in [0.05, 0.1) is 25.3 Å². The Labute approximate surface area is 196 Å². The Morgan fingerprint density at radius 3 is 2.03 bits per heavy atom. The summed E-state index contributed by atoms with van der Waals surface area (Å²) in [6.45, 7) is 1.56. The zero-order chi connectivity index (χ0) is 24.1. The topological polar surface area (TPSA) is 101 Å². The van der Waals surface area contributed by atoms with Gasteiger partial charge >= 0.3 is 5.97 Å². The molecule has 34 heavy (non-hydrogen) atoms. The maximum absolute atomic E-state index is 12.6. The van der Waals surface area contributed by atoms with Crippen molar-refractivity contribution in [3.8, 4) is 34.4 Å². The van der Waals surface area contributed by atoms with Gasteiger partial charge in [0.2, 0.25) is 17.6 Å². The number of ether oxygens (including phenoxy) is 3. The van der Waals surface area contributed by atoms with Gasteiger partial charge in [-0.3, -0.25) is 4.79 Å². The molecule has 3 aromatic carbocycles. The SMILES string of the molecule is COc1ccc(OC)c(C(=O)COC(=O)c2ccc(-c3nnc(-c4ccc(C)cc4)o3)cc2)c1. The Bertz CT molecular complexity index is 1310. The van der Waals surface area contributed by atoms with Crippen LogP contribution in [0.15, 0.2) is 71.1 Å². The molecule has 0 unspecified atom stereocenters. The number of esters is 1. The second kappa shape index (κ2) is 9.99. The molecule has 4 rings (SSSR count). The van der Waals surface area contributed by atoms with Crippen LogP contribution in [0.25, 0.3) is 22.9 Å². The van der Waals surface area contributed by atoms with Gasteiger partial charge in [-0.25, -0.2) is 4.79 Å². The Hall–Kier alpha value is -4.46. The van der Waals surface area contributed by atoms with Crippen LogP contribution < -0.4 is 9.47 Å². The number of hydrogen-bond acceptors (Lipinski definition) is 8. The fourth-order valence-corrected chi connectivity index (χ4v) is 3.23. The lowest BCUT2D eigenvalue weighted by molar-refractivity contribution is 0.0474. The normalized spacial score (nSPS) is 10.6. The Kier molecular flexibility index (Phi) is 6.68. The van der Waals surface area contributed by atoms with Crippen LogP contribution in [-0.2, 0) is 4.74 Å². The number of aromatic nitrogens is 2. The molecule has 8 nitrogen and oxygen atoms in total. The first-order valence-electron chi connectivity index (χ1n) is 10.4. The summed E-state index contributed by atoms with van der Waals surface area (Å²) in [5.74, 6) is 0.567. The minimum Gasteiger partial charge on any atom is -0.497 e. The molecule has 0 saturated heterocycles. The van der Waals surface area contributed by atoms with E-state index in [1.54, 1.807) is 42.5 Å². The fourth-order valence-electron chi connectivity index (χ4n) is 3.23. The molecule has 8 heteroatoms. The fraction of sp³-hybridized carbons (Fsp3) is 0.154. The van der Waals surface area contributed by atoms with Crippen molar-refractivity contribution in [1.82, 2.24) is 10.2 Å². The van der Waals surface area contributed by atoms with Crippen molar-refractivity contribution in [2.75, 3.05) is 20.8 Å². The van der Waals surface area contributed by atoms with E-state index in [0.29, 0.717) is 28.8 Å². The van der Waals surface area contributed by atoms with Crippen molar-refractivity contribution in [3.05, 3.63) is 83.4 Å². The molecule has 4 aromatic rings. The number of Topliss-reactive ketones (excluding diaryl/α,β-unsaturated/α-hetero) is 1. The quantitative estimate of drug-likeness (QED) is 0.275. The molecule has 0 amide bonds. The van der Waals surface area contributed by atoms with Gasteiger partial charge < -0.3 is 18.6 Å². The number of hydrogen-bond donors (Lipinski definition) is 0. The highest BCUT2D eigenvalue weighted by Gasteiger charge is 2.17. The number of ketones is 1. The van der Waals surface area contributed by atoms with Gasteiger partial charge in [0.1, 0.15) is 11.5 Å². The van der Waals surface area contributed by atoms with Crippen molar-refractivity contribution >= 4 is 11.8 Å². The highest BCUT2D eigenvalue weighted by atomic mass is 16.5. The molecule has 1 heterocycles. The van der Waals surface area contributed by atoms with Gasteiger partial charge in [-0.1, -0.05) is 17.7 Å². The van der Waals surface area contributed by atoms with Crippen LogP contribution in [0, 0.1) is 6.92 Å². The van der Waals surface area contributed by atoms with E-state index in [1.165, 1.54) is 14.2 Å². The van der Waals surface area contributed by atoms with E-state index in [2.05, 4.69) is 10.2 Å². The number of carbonyl (C=O) groups is 2. The Morgan fingerprint density at radius 2 is 1.44 bits per heavy atom. The van der Waals surface area contributed by atoms with Crippen LogP contribution in [0.2, 0.25) is 0 Å². The van der Waals surface area contributed by atoms with E-state index >= 15 is 0 Å². The summed E-state index contributed by atoms with van der Waals surface area (Å²) in [4.78, 5) is 25.0. The first-order chi connectivity index (χ1) is 16.5. The summed E-state index contributed by atoms with van der Waals surface area (Å²) in [6, 6.07) is 19.1. The zero-order valence-corrected chi connectivity index (χ0v) is 18.9. The predicted octanol–water partition coefficient (Wildman–Crippen LogP) is 4.77. The third-order valence-electron chi connectivity index (χ3n) is 5.13. The van der Waals surface area contributed by atoms with Crippen LogP contribution in [0.5, 0.6) is 11.5 Å². The summed E-state index contributed by atoms with van der Waals surface area (Å²) in [5, 5.41) is 8.17. The minimum absolute atomic E-state index is 0.269. The van der Waals surface area contributed by atoms with Gasteiger partial charge in [0.25, 0.3) is 0 Å². The molecule has 172 valence electrons. The van der Waals surface area contributed by atoms with E-state index in [1.807, 2.05) is 31.2 Å². The summed E-state index contributed by atoms with van der Waals surface area (Å²) >= 11 is 0. The molecule has 0 fully saturated rings. The molecule has 0 bridgehead atoms. The van der Waals surface area contributed by atoms with Gasteiger partial charge in [0.15, 0.2) is 6.61 Å². The summed E-state index contributed by atoms with van der Waals surface area (Å²) in [5.41, 5.74) is 3.16. The smallest absolute Gasteiger partial charge is 0.338 e. The van der Waals surface area contributed by atoms with Crippen molar-refractivity contribution in [2.45, 2.75) is 6.92 Å². The van der Waals surface area contributed by atoms with Crippen molar-refractivity contribution < 1.29 is 28.2 Å². The first kappa shape index (κ1) is 22.7. The monoisotopic (exact) mass is 458 g/mol. The lowest BCUT2D eigenvalue weighted by Gasteiger charge is -2.10. The number of methoxy groups -OCH3 is 2. The van der Waals surface area contributed by atoms with Gasteiger partial charge in [-0.15, -0.1) is 10.2 Å². The van der Waals surface area contributed by atoms with Crippen LogP contribution in [0.3, 0.4) is 0 Å². The molecular weight excluding hydrogens is 436 g/mol. The molecule has 0 radical (unpaired) electrons. The van der Waals surface area contributed by atoms with Crippen molar-refractivity contribution in [1.29, 1.82) is 0 Å². The number of carbonyl (C=O) groups excluding carboxylic acids is 2. The highest BCUT2D eigenvalue weighted by Crippen LogP contribution is 2.26. The average molecular weight is 458 g/mol. The zero-order valence-electron chi connectivity index (χ0n) is 18.9. The van der Waals surface area contributed by atoms with E-state index in [4.69, 9.17) is 18.6 Å². The predicted molar refractivity (Wildman–Crippen MR) is 124 cm³/mol. The maximum Gasteiger partial charge on any atom is 0.338 e. The van der Waals surface area contributed by atoms with Gasteiger partial charge in [0, 0.05) is 11.1 Å². The summed E-state index contributed by atoms with van der Waals surface area (Å²) in [6.07, 6.45) is 0. The van der Waals surface area contributed by atoms with E-state index in [9.17, 15) is 9.59 Å². The van der Waals surface area contributed by atoms with Crippen LogP contribution in [0.4, 0.5) is 0 Å². The lowest BCUT2D eigenvalue weighted by Crippen LogP contribution is -2.15. The first-order valence-corrected chi connectivity index (χ1v) is 10.4. The molecule has 0 N–H and O–H groups in total. The molecule has 0 spiro atoms. The lowest BCUT2D eigenvalue weighted by atomic mass is 10.1. The van der Waals surface area contributed by atoms with Crippen molar-refractivity contribution in [3.63, 3.8) is 0 Å². The minimum atomic E-state index is -0.632. The number of benzene rings is 3. The molecule has 1 aromatic heterocycles. The summed E-state index contributed by atoms with van der Waals surface area (Å²) < 4.78 is 21.3. The summed E-state index contributed by atoms with van der Waals surface area (Å²) in [7, 11) is 2.96. The standard InChI is InChI=1S/C26H22N2O6/c1-16-4-6-17(7-5-16)24-27-28-25(34-24)18-8-10-19(11-9-18)26(30)33-15-22(29)21-14-20(31-2)12-13-23(21)32-3/h4-14H,15H2,1-3H3. The number of rotatable bonds is 8. The molecule has 0 aliphatic rings.